The predicted molar refractivity (Wildman–Crippen MR) is 175 cm³/mol. The van der Waals surface area contributed by atoms with E-state index in [0.29, 0.717) is 31.9 Å². The number of benzene rings is 2. The number of esters is 1. The Morgan fingerprint density at radius 1 is 1.09 bits per heavy atom. The van der Waals surface area contributed by atoms with Crippen LogP contribution in [0.25, 0.3) is 11.8 Å². The van der Waals surface area contributed by atoms with Gasteiger partial charge in [0.25, 0.3) is 5.56 Å². The van der Waals surface area contributed by atoms with Gasteiger partial charge in [-0.15, -0.1) is 0 Å². The fraction of sp³-hybridized carbons (Fsp3) is 0.303. The third-order valence-corrected chi connectivity index (χ3v) is 8.93. The normalized spacial score (nSPS) is 15.0. The Morgan fingerprint density at radius 3 is 2.42 bits per heavy atom. The molecule has 0 spiro atoms. The van der Waals surface area contributed by atoms with Gasteiger partial charge in [-0.2, -0.15) is 0 Å². The topological polar surface area (TPSA) is 78.1 Å². The molecule has 10 heteroatoms. The second-order valence-electron chi connectivity index (χ2n) is 11.0. The number of allylic oxidation sites excluding steroid dienone is 1. The number of fused-ring (bicyclic) bond motifs is 1. The predicted octanol–water partition coefficient (Wildman–Crippen LogP) is 5.43. The number of ether oxygens (including phenoxy) is 2. The number of methoxy groups -OCH3 is 1. The molecule has 224 valence electrons. The average Bonchev–Trinajstić information content (AvgIpc) is 3.40. The standard InChI is InChI=1S/C33H35BrN4O4S/c1-18(2)42-32(40)29-20(4)35-33-38(30(29)26-17-23(34)9-14-27(26)41-8)31(39)28(43-33)16-22-15-19(3)37(21(22)5)25-12-10-24(11-13-25)36(6)7/h9-18,30H,1-8H3/b28-16-/t30-/m1/s1. The second kappa shape index (κ2) is 12.0. The lowest BCUT2D eigenvalue weighted by atomic mass is 9.95. The van der Waals surface area contributed by atoms with Gasteiger partial charge in [-0.3, -0.25) is 9.36 Å². The number of aryl methyl sites for hydroxylation is 1. The zero-order valence-electron chi connectivity index (χ0n) is 25.6. The number of hydrogen-bond donors (Lipinski definition) is 0. The fourth-order valence-electron chi connectivity index (χ4n) is 5.45. The fourth-order valence-corrected chi connectivity index (χ4v) is 6.86. The van der Waals surface area contributed by atoms with E-state index in [2.05, 4.69) is 69.6 Å². The van der Waals surface area contributed by atoms with Gasteiger partial charge in [0.1, 0.15) is 11.8 Å². The molecule has 8 nitrogen and oxygen atoms in total. The highest BCUT2D eigenvalue weighted by molar-refractivity contribution is 9.10. The number of aromatic nitrogens is 2. The number of nitrogens with zero attached hydrogens (tertiary/aromatic N) is 4. The molecule has 1 aliphatic rings. The quantitative estimate of drug-likeness (QED) is 0.247. The Morgan fingerprint density at radius 2 is 1.79 bits per heavy atom. The van der Waals surface area contributed by atoms with Crippen LogP contribution in [0.3, 0.4) is 0 Å². The maximum atomic E-state index is 14.2. The molecule has 3 heterocycles. The van der Waals surface area contributed by atoms with Crippen LogP contribution in [0, 0.1) is 13.8 Å². The van der Waals surface area contributed by atoms with Crippen molar-refractivity contribution in [3.8, 4) is 11.4 Å². The maximum Gasteiger partial charge on any atom is 0.338 e. The molecule has 0 fully saturated rings. The molecule has 43 heavy (non-hydrogen) atoms. The van der Waals surface area contributed by atoms with E-state index in [4.69, 9.17) is 14.5 Å². The number of rotatable bonds is 7. The number of carbonyl (C=O) groups excluding carboxylic acids is 1. The van der Waals surface area contributed by atoms with Gasteiger partial charge in [-0.25, -0.2) is 9.79 Å². The maximum absolute atomic E-state index is 14.2. The van der Waals surface area contributed by atoms with Crippen LogP contribution in [-0.4, -0.2) is 42.4 Å². The molecule has 1 aliphatic heterocycles. The van der Waals surface area contributed by atoms with Gasteiger partial charge >= 0.3 is 5.97 Å². The average molecular weight is 664 g/mol. The van der Waals surface area contributed by atoms with Gasteiger partial charge in [0, 0.05) is 46.9 Å². The van der Waals surface area contributed by atoms with Gasteiger partial charge in [0.15, 0.2) is 4.80 Å². The van der Waals surface area contributed by atoms with Crippen LogP contribution in [0.4, 0.5) is 5.69 Å². The molecule has 0 aliphatic carbocycles. The third kappa shape index (κ3) is 5.73. The third-order valence-electron chi connectivity index (χ3n) is 7.45. The molecule has 0 N–H and O–H groups in total. The number of hydrogen-bond acceptors (Lipinski definition) is 7. The number of anilines is 1. The minimum absolute atomic E-state index is 0.238. The van der Waals surface area contributed by atoms with Crippen LogP contribution in [0.15, 0.2) is 74.1 Å². The zero-order valence-corrected chi connectivity index (χ0v) is 28.0. The second-order valence-corrected chi connectivity index (χ2v) is 12.9. The van der Waals surface area contributed by atoms with Crippen molar-refractivity contribution in [2.75, 3.05) is 26.1 Å². The Hall–Kier alpha value is -3.89. The molecule has 0 radical (unpaired) electrons. The van der Waals surface area contributed by atoms with Crippen molar-refractivity contribution in [2.24, 2.45) is 4.99 Å². The first-order chi connectivity index (χ1) is 20.4. The highest BCUT2D eigenvalue weighted by Crippen LogP contribution is 2.37. The van der Waals surface area contributed by atoms with Crippen molar-refractivity contribution in [3.63, 3.8) is 0 Å². The van der Waals surface area contributed by atoms with E-state index in [1.807, 2.05) is 38.4 Å². The first-order valence-corrected chi connectivity index (χ1v) is 15.6. The molecule has 2 aromatic heterocycles. The van der Waals surface area contributed by atoms with Crippen LogP contribution >= 0.6 is 27.3 Å². The smallest absolute Gasteiger partial charge is 0.338 e. The van der Waals surface area contributed by atoms with Crippen molar-refractivity contribution >= 4 is 45.0 Å². The van der Waals surface area contributed by atoms with E-state index in [0.717, 1.165) is 32.8 Å². The van der Waals surface area contributed by atoms with Crippen LogP contribution < -0.4 is 24.5 Å². The van der Waals surface area contributed by atoms with Crippen LogP contribution in [0.1, 0.15) is 49.3 Å². The van der Waals surface area contributed by atoms with Crippen molar-refractivity contribution in [2.45, 2.75) is 46.8 Å². The van der Waals surface area contributed by atoms with Crippen LogP contribution in [-0.2, 0) is 9.53 Å². The summed E-state index contributed by atoms with van der Waals surface area (Å²) < 4.78 is 16.4. The number of carbonyl (C=O) groups is 1. The van der Waals surface area contributed by atoms with Crippen molar-refractivity contribution < 1.29 is 14.3 Å². The lowest BCUT2D eigenvalue weighted by Gasteiger charge is -2.26. The minimum Gasteiger partial charge on any atom is -0.496 e. The molecule has 1 atom stereocenters. The number of thiazole rings is 1. The first kappa shape index (κ1) is 30.6. The van der Waals surface area contributed by atoms with Gasteiger partial charge in [0.2, 0.25) is 0 Å². The molecule has 4 aromatic rings. The Bertz CT molecular complexity index is 1930. The molecule has 0 unspecified atom stereocenters. The van der Waals surface area contributed by atoms with Gasteiger partial charge in [-0.1, -0.05) is 27.3 Å². The summed E-state index contributed by atoms with van der Waals surface area (Å²) in [4.78, 5) is 35.0. The largest absolute Gasteiger partial charge is 0.496 e. The Balaban J connectivity index is 1.69. The molecule has 0 bridgehead atoms. The minimum atomic E-state index is -0.778. The molecule has 2 aromatic carbocycles. The lowest BCUT2D eigenvalue weighted by Crippen LogP contribution is -2.40. The van der Waals surface area contributed by atoms with E-state index in [9.17, 15) is 9.59 Å². The van der Waals surface area contributed by atoms with Crippen LogP contribution in [0.5, 0.6) is 5.75 Å². The summed E-state index contributed by atoms with van der Waals surface area (Å²) in [6.45, 7) is 9.48. The van der Waals surface area contributed by atoms with Crippen molar-refractivity contribution in [3.05, 3.63) is 106 Å². The molecular formula is C33H35BrN4O4S. The highest BCUT2D eigenvalue weighted by Gasteiger charge is 2.35. The van der Waals surface area contributed by atoms with Crippen LogP contribution in [0.2, 0.25) is 0 Å². The van der Waals surface area contributed by atoms with Crippen molar-refractivity contribution in [1.29, 1.82) is 0 Å². The SMILES string of the molecule is COc1ccc(Br)cc1[C@@H]1C(C(=O)OC(C)C)=C(C)N=c2s/c(=C\c3cc(C)n(-c4ccc(N(C)C)cc4)c3C)c(=O)n21. The Kier molecular flexibility index (Phi) is 8.54. The first-order valence-electron chi connectivity index (χ1n) is 13.9. The van der Waals surface area contributed by atoms with Gasteiger partial charge in [-0.05, 0) is 94.8 Å². The van der Waals surface area contributed by atoms with Gasteiger partial charge < -0.3 is 18.9 Å². The summed E-state index contributed by atoms with van der Waals surface area (Å²) in [5.74, 6) is 0.0394. The molecule has 0 saturated carbocycles. The Labute approximate surface area is 263 Å². The zero-order chi connectivity index (χ0) is 31.2. The van der Waals surface area contributed by atoms with E-state index in [-0.39, 0.29) is 11.7 Å². The summed E-state index contributed by atoms with van der Waals surface area (Å²) in [6, 6.07) is 15.2. The van der Waals surface area contributed by atoms with E-state index in [1.54, 1.807) is 32.4 Å². The summed E-state index contributed by atoms with van der Waals surface area (Å²) >= 11 is 4.86. The van der Waals surface area contributed by atoms with E-state index >= 15 is 0 Å². The van der Waals surface area contributed by atoms with E-state index in [1.165, 1.54) is 11.3 Å². The summed E-state index contributed by atoms with van der Waals surface area (Å²) in [6.07, 6.45) is 1.58. The van der Waals surface area contributed by atoms with Crippen molar-refractivity contribution in [1.82, 2.24) is 9.13 Å². The monoisotopic (exact) mass is 662 g/mol. The molecule has 5 rings (SSSR count). The van der Waals surface area contributed by atoms with E-state index < -0.39 is 12.0 Å². The molecule has 0 amide bonds. The molecule has 0 saturated heterocycles. The summed E-state index contributed by atoms with van der Waals surface area (Å²) in [7, 11) is 5.61. The lowest BCUT2D eigenvalue weighted by molar-refractivity contribution is -0.143. The van der Waals surface area contributed by atoms with Gasteiger partial charge in [0.05, 0.1) is 29.0 Å². The molecular weight excluding hydrogens is 628 g/mol. The summed E-state index contributed by atoms with van der Waals surface area (Å²) in [5, 5.41) is 0. The summed E-state index contributed by atoms with van der Waals surface area (Å²) in [5.41, 5.74) is 6.42. The number of halogens is 1. The highest BCUT2D eigenvalue weighted by atomic mass is 79.9.